The first-order valence-electron chi connectivity index (χ1n) is 8.82. The molecule has 12 heteroatoms. The van der Waals surface area contributed by atoms with E-state index >= 15 is 0 Å². The number of carbonyl (C=O) groups excluding carboxylic acids is 1. The minimum atomic E-state index is -4.81. The molecular weight excluding hydrogens is 447 g/mol. The van der Waals surface area contributed by atoms with Gasteiger partial charge in [-0.1, -0.05) is 11.6 Å². The van der Waals surface area contributed by atoms with E-state index in [4.69, 9.17) is 17.3 Å². The van der Waals surface area contributed by atoms with Crippen molar-refractivity contribution < 1.29 is 31.5 Å². The summed E-state index contributed by atoms with van der Waals surface area (Å²) in [4.78, 5) is 20.2. The summed E-state index contributed by atoms with van der Waals surface area (Å²) in [7, 11) is 0. The second kappa shape index (κ2) is 7.95. The molecule has 0 bridgehead atoms. The highest BCUT2D eigenvalue weighted by Crippen LogP contribution is 2.41. The highest BCUT2D eigenvalue weighted by molar-refractivity contribution is 6.30. The molecule has 1 aliphatic heterocycles. The molecule has 2 atom stereocenters. The summed E-state index contributed by atoms with van der Waals surface area (Å²) < 4.78 is 72.9. The Morgan fingerprint density at radius 2 is 2.00 bits per heavy atom. The van der Waals surface area contributed by atoms with Crippen molar-refractivity contribution in [1.82, 2.24) is 4.98 Å². The van der Waals surface area contributed by atoms with E-state index in [1.165, 1.54) is 12.3 Å². The van der Waals surface area contributed by atoms with Crippen LogP contribution in [0.1, 0.15) is 35.0 Å². The monoisotopic (exact) mass is 462 g/mol. The highest BCUT2D eigenvalue weighted by Gasteiger charge is 2.50. The fourth-order valence-corrected chi connectivity index (χ4v) is 3.45. The summed E-state index contributed by atoms with van der Waals surface area (Å²) in [5.41, 5.74) is 3.14. The molecule has 1 aromatic carbocycles. The predicted molar refractivity (Wildman–Crippen MR) is 103 cm³/mol. The number of pyridine rings is 1. The van der Waals surface area contributed by atoms with Gasteiger partial charge >= 0.3 is 6.18 Å². The molecule has 0 fully saturated rings. The smallest absolute Gasteiger partial charge is 0.425 e. The molecule has 0 aliphatic carbocycles. The van der Waals surface area contributed by atoms with Crippen LogP contribution in [0.5, 0.6) is 0 Å². The molecule has 0 spiro atoms. The van der Waals surface area contributed by atoms with Gasteiger partial charge in [0.2, 0.25) is 0 Å². The molecule has 2 aromatic rings. The molecule has 3 rings (SSSR count). The fraction of sp³-hybridized carbons (Fsp3) is 0.316. The van der Waals surface area contributed by atoms with E-state index in [1.807, 2.05) is 0 Å². The first kappa shape index (κ1) is 22.7. The van der Waals surface area contributed by atoms with E-state index in [0.717, 1.165) is 13.0 Å². The summed E-state index contributed by atoms with van der Waals surface area (Å²) in [5.74, 6) is -3.56. The number of nitrogens with two attached hydrogens (primary N) is 1. The lowest BCUT2D eigenvalue weighted by Crippen LogP contribution is -2.46. The number of aromatic nitrogens is 1. The number of amidine groups is 1. The third kappa shape index (κ3) is 4.71. The quantitative estimate of drug-likeness (QED) is 0.659. The lowest BCUT2D eigenvalue weighted by atomic mass is 9.85. The van der Waals surface area contributed by atoms with Crippen LogP contribution in [0.3, 0.4) is 0 Å². The number of halogens is 6. The standard InChI is InChI=1S/C19H16ClF5N4O2/c1-8-3-9(20)7-27-15(8)16(30)28-10-4-11(14(22)12(21)5-10)18(2)6-13(19(23,24)25)31-17(26)29-18/h3-5,7,13H,6H2,1-2H3,(H2,26,29)(H,28,30). The maximum Gasteiger partial charge on any atom is 0.425 e. The van der Waals surface area contributed by atoms with Gasteiger partial charge in [-0.15, -0.1) is 0 Å². The van der Waals surface area contributed by atoms with E-state index < -0.39 is 53.4 Å². The van der Waals surface area contributed by atoms with Crippen LogP contribution in [0.15, 0.2) is 29.4 Å². The van der Waals surface area contributed by atoms with Gasteiger partial charge in [0.05, 0.1) is 10.6 Å². The first-order chi connectivity index (χ1) is 14.3. The Bertz CT molecular complexity index is 1080. The topological polar surface area (TPSA) is 89.6 Å². The number of benzene rings is 1. The Morgan fingerprint density at radius 3 is 2.61 bits per heavy atom. The van der Waals surface area contributed by atoms with Crippen molar-refractivity contribution >= 4 is 29.2 Å². The number of nitrogens with one attached hydrogen (secondary N) is 1. The third-order valence-electron chi connectivity index (χ3n) is 4.69. The van der Waals surface area contributed by atoms with E-state index in [0.29, 0.717) is 16.7 Å². The predicted octanol–water partition coefficient (Wildman–Crippen LogP) is 4.46. The maximum absolute atomic E-state index is 14.6. The van der Waals surface area contributed by atoms with Gasteiger partial charge in [0.25, 0.3) is 11.9 Å². The van der Waals surface area contributed by atoms with Gasteiger partial charge < -0.3 is 15.8 Å². The third-order valence-corrected chi connectivity index (χ3v) is 4.90. The van der Waals surface area contributed by atoms with Gasteiger partial charge in [-0.2, -0.15) is 13.2 Å². The lowest BCUT2D eigenvalue weighted by molar-refractivity contribution is -0.208. The van der Waals surface area contributed by atoms with Crippen molar-refractivity contribution in [2.24, 2.45) is 10.7 Å². The Labute approximate surface area is 178 Å². The number of anilines is 1. The van der Waals surface area contributed by atoms with Gasteiger partial charge in [0.1, 0.15) is 5.69 Å². The normalized spacial score (nSPS) is 21.3. The second-order valence-corrected chi connectivity index (χ2v) is 7.61. The number of hydrogen-bond acceptors (Lipinski definition) is 5. The molecule has 0 radical (unpaired) electrons. The van der Waals surface area contributed by atoms with E-state index in [-0.39, 0.29) is 11.4 Å². The van der Waals surface area contributed by atoms with Crippen molar-refractivity contribution in [1.29, 1.82) is 0 Å². The van der Waals surface area contributed by atoms with E-state index in [1.54, 1.807) is 6.92 Å². The second-order valence-electron chi connectivity index (χ2n) is 7.17. The summed E-state index contributed by atoms with van der Waals surface area (Å²) in [6, 6.07) is 2.36. The lowest BCUT2D eigenvalue weighted by Gasteiger charge is -2.36. The van der Waals surface area contributed by atoms with Gasteiger partial charge in [0, 0.05) is 29.9 Å². The van der Waals surface area contributed by atoms with E-state index in [9.17, 15) is 26.7 Å². The number of amides is 1. The van der Waals surface area contributed by atoms with Crippen LogP contribution in [0.2, 0.25) is 5.02 Å². The molecule has 166 valence electrons. The van der Waals surface area contributed by atoms with Crippen molar-refractivity contribution in [3.05, 3.63) is 57.9 Å². The van der Waals surface area contributed by atoms with Crippen LogP contribution in [0, 0.1) is 18.6 Å². The Kier molecular flexibility index (Phi) is 5.83. The van der Waals surface area contributed by atoms with Crippen LogP contribution < -0.4 is 11.1 Å². The van der Waals surface area contributed by atoms with Gasteiger partial charge in [-0.3, -0.25) is 4.79 Å². The number of carbonyl (C=O) groups is 1. The van der Waals surface area contributed by atoms with Gasteiger partial charge in [0.15, 0.2) is 17.7 Å². The number of alkyl halides is 3. The van der Waals surface area contributed by atoms with Crippen molar-refractivity contribution in [2.75, 3.05) is 5.32 Å². The van der Waals surface area contributed by atoms with Crippen molar-refractivity contribution in [3.63, 3.8) is 0 Å². The van der Waals surface area contributed by atoms with Gasteiger partial charge in [-0.05, 0) is 31.5 Å². The summed E-state index contributed by atoms with van der Waals surface area (Å²) in [5, 5.41) is 2.65. The average molecular weight is 463 g/mol. The molecular formula is C19H16ClF5N4O2. The fourth-order valence-electron chi connectivity index (χ4n) is 3.24. The molecule has 1 aromatic heterocycles. The van der Waals surface area contributed by atoms with Crippen LogP contribution in [0.4, 0.5) is 27.6 Å². The number of aliphatic imine (C=N–C) groups is 1. The van der Waals surface area contributed by atoms with Crippen molar-refractivity contribution in [2.45, 2.75) is 38.1 Å². The largest absolute Gasteiger partial charge is 0.452 e. The first-order valence-corrected chi connectivity index (χ1v) is 9.19. The Hall–Kier alpha value is -2.95. The van der Waals surface area contributed by atoms with Crippen LogP contribution in [-0.4, -0.2) is 29.2 Å². The Balaban J connectivity index is 1.99. The number of hydrogen-bond donors (Lipinski definition) is 2. The molecule has 3 N–H and O–H groups in total. The van der Waals surface area contributed by atoms with E-state index in [2.05, 4.69) is 20.0 Å². The van der Waals surface area contributed by atoms with Gasteiger partial charge in [-0.25, -0.2) is 18.8 Å². The zero-order chi connectivity index (χ0) is 23.1. The summed E-state index contributed by atoms with van der Waals surface area (Å²) >= 11 is 5.80. The molecule has 1 amide bonds. The number of rotatable bonds is 3. The molecule has 6 nitrogen and oxygen atoms in total. The number of nitrogens with zero attached hydrogens (tertiary/aromatic N) is 2. The summed E-state index contributed by atoms with van der Waals surface area (Å²) in [6.45, 7) is 2.73. The minimum absolute atomic E-state index is 0.0210. The SMILES string of the molecule is Cc1cc(Cl)cnc1C(=O)Nc1cc(F)c(F)c(C2(C)CC(C(F)(F)F)OC(N)=N2)c1. The van der Waals surface area contributed by atoms with Crippen LogP contribution in [0.25, 0.3) is 0 Å². The zero-order valence-electron chi connectivity index (χ0n) is 16.1. The average Bonchev–Trinajstić information content (AvgIpc) is 2.62. The molecule has 31 heavy (non-hydrogen) atoms. The molecule has 2 heterocycles. The van der Waals surface area contributed by atoms with Crippen LogP contribution >= 0.6 is 11.6 Å². The van der Waals surface area contributed by atoms with Crippen LogP contribution in [-0.2, 0) is 10.3 Å². The highest BCUT2D eigenvalue weighted by atomic mass is 35.5. The van der Waals surface area contributed by atoms with Crippen molar-refractivity contribution in [3.8, 4) is 0 Å². The molecule has 0 saturated heterocycles. The molecule has 0 saturated carbocycles. The Morgan fingerprint density at radius 1 is 1.32 bits per heavy atom. The molecule has 2 unspecified atom stereocenters. The molecule has 1 aliphatic rings. The minimum Gasteiger partial charge on any atom is -0.452 e. The number of ether oxygens (including phenoxy) is 1. The number of aryl methyl sites for hydroxylation is 1. The maximum atomic E-state index is 14.6. The summed E-state index contributed by atoms with van der Waals surface area (Å²) in [6.07, 6.45) is -6.78. The zero-order valence-corrected chi connectivity index (χ0v) is 16.9.